The Hall–Kier alpha value is -1.91. The van der Waals surface area contributed by atoms with Gasteiger partial charge in [-0.3, -0.25) is 4.79 Å². The first-order chi connectivity index (χ1) is 14.4. The van der Waals surface area contributed by atoms with E-state index in [4.69, 9.17) is 0 Å². The van der Waals surface area contributed by atoms with Gasteiger partial charge in [0, 0.05) is 32.6 Å². The summed E-state index contributed by atoms with van der Waals surface area (Å²) in [4.78, 5) is 15.0. The van der Waals surface area contributed by atoms with E-state index in [1.165, 1.54) is 55.0 Å². The van der Waals surface area contributed by atoms with Crippen LogP contribution in [0.15, 0.2) is 29.2 Å². The van der Waals surface area contributed by atoms with Gasteiger partial charge in [0.05, 0.1) is 10.5 Å². The summed E-state index contributed by atoms with van der Waals surface area (Å²) in [5, 5.41) is 9.26. The maximum atomic E-state index is 13.1. The third-order valence-corrected chi connectivity index (χ3v) is 9.86. The third kappa shape index (κ3) is 3.44. The van der Waals surface area contributed by atoms with E-state index in [1.54, 1.807) is 12.1 Å². The van der Waals surface area contributed by atoms with Crippen LogP contribution in [0.2, 0.25) is 0 Å². The van der Waals surface area contributed by atoms with Crippen LogP contribution in [-0.2, 0) is 14.8 Å². The van der Waals surface area contributed by atoms with Crippen LogP contribution in [0.25, 0.3) is 0 Å². The van der Waals surface area contributed by atoms with Crippen molar-refractivity contribution in [3.05, 3.63) is 29.8 Å². The molecular weight excluding hydrogens is 398 g/mol. The lowest BCUT2D eigenvalue weighted by atomic mass is 9.49. The largest absolute Gasteiger partial charge is 0.340 e. The molecule has 1 heterocycles. The second kappa shape index (κ2) is 7.35. The monoisotopic (exact) mass is 427 g/mol. The molecule has 5 fully saturated rings. The first kappa shape index (κ1) is 20.0. The van der Waals surface area contributed by atoms with E-state index in [0.717, 1.165) is 17.8 Å². The summed E-state index contributed by atoms with van der Waals surface area (Å²) >= 11 is 0. The first-order valence-corrected chi connectivity index (χ1v) is 12.6. The third-order valence-electron chi connectivity index (χ3n) is 7.91. The number of carbonyl (C=O) groups is 1. The maximum Gasteiger partial charge on any atom is 0.244 e. The highest BCUT2D eigenvalue weighted by Gasteiger charge is 2.51. The number of benzene rings is 1. The van der Waals surface area contributed by atoms with Gasteiger partial charge in [-0.1, -0.05) is 12.1 Å². The Labute approximate surface area is 178 Å². The van der Waals surface area contributed by atoms with Gasteiger partial charge in [0.2, 0.25) is 15.9 Å². The molecule has 1 aromatic rings. The maximum absolute atomic E-state index is 13.1. The average molecular weight is 428 g/mol. The van der Waals surface area contributed by atoms with E-state index >= 15 is 0 Å². The van der Waals surface area contributed by atoms with E-state index in [1.807, 2.05) is 11.0 Å². The van der Waals surface area contributed by atoms with Gasteiger partial charge in [0.25, 0.3) is 0 Å². The van der Waals surface area contributed by atoms with Crippen molar-refractivity contribution in [2.45, 2.75) is 49.8 Å². The van der Waals surface area contributed by atoms with Crippen LogP contribution in [0.3, 0.4) is 0 Å². The summed E-state index contributed by atoms with van der Waals surface area (Å²) in [6.45, 7) is 1.43. The Morgan fingerprint density at radius 3 is 2.13 bits per heavy atom. The second-order valence-corrected chi connectivity index (χ2v) is 11.9. The fraction of sp³-hybridized carbons (Fsp3) is 0.652. The molecule has 1 amide bonds. The minimum absolute atomic E-state index is 0.0563. The van der Waals surface area contributed by atoms with E-state index in [-0.39, 0.29) is 34.9 Å². The van der Waals surface area contributed by atoms with Crippen LogP contribution < -0.4 is 0 Å². The highest BCUT2D eigenvalue weighted by Crippen LogP contribution is 2.61. The Morgan fingerprint density at radius 2 is 1.57 bits per heavy atom. The molecule has 0 radical (unpaired) electrons. The van der Waals surface area contributed by atoms with Crippen molar-refractivity contribution in [2.24, 2.45) is 23.2 Å². The second-order valence-electron chi connectivity index (χ2n) is 9.99. The normalized spacial score (nSPS) is 33.4. The number of piperazine rings is 1. The molecule has 1 aliphatic heterocycles. The molecule has 0 unspecified atom stereocenters. The molecule has 4 aliphatic carbocycles. The van der Waals surface area contributed by atoms with Crippen molar-refractivity contribution in [3.8, 4) is 6.07 Å². The molecule has 0 atom stereocenters. The Balaban J connectivity index is 1.23. The van der Waals surface area contributed by atoms with Gasteiger partial charge in [-0.25, -0.2) is 8.42 Å². The summed E-state index contributed by atoms with van der Waals surface area (Å²) in [5.41, 5.74) is 0.374. The molecule has 160 valence electrons. The fourth-order valence-electron chi connectivity index (χ4n) is 7.04. The lowest BCUT2D eigenvalue weighted by Gasteiger charge is -2.57. The zero-order valence-electron chi connectivity index (χ0n) is 17.3. The van der Waals surface area contributed by atoms with Gasteiger partial charge >= 0.3 is 0 Å². The van der Waals surface area contributed by atoms with Crippen molar-refractivity contribution < 1.29 is 13.2 Å². The Kier molecular flexibility index (Phi) is 4.90. The first-order valence-electron chi connectivity index (χ1n) is 11.2. The minimum Gasteiger partial charge on any atom is -0.340 e. The number of nitriles is 1. The molecule has 0 aromatic heterocycles. The van der Waals surface area contributed by atoms with Crippen molar-refractivity contribution >= 4 is 15.9 Å². The van der Waals surface area contributed by atoms with Crippen LogP contribution in [0.1, 0.15) is 50.5 Å². The predicted molar refractivity (Wildman–Crippen MR) is 112 cm³/mol. The topological polar surface area (TPSA) is 81.5 Å². The van der Waals surface area contributed by atoms with E-state index in [9.17, 15) is 18.5 Å². The standard InChI is InChI=1S/C23H29N3O3S/c24-16-20-3-1-2-4-21(20)30(28,29)26-7-5-25(6-8-26)22(27)15-23-12-17-9-18(13-23)11-19(10-17)14-23/h1-4,17-19H,5-15H2. The zero-order valence-corrected chi connectivity index (χ0v) is 18.1. The molecular formula is C23H29N3O3S. The molecule has 0 spiro atoms. The summed E-state index contributed by atoms with van der Waals surface area (Å²) in [7, 11) is -3.72. The molecule has 1 saturated heterocycles. The van der Waals surface area contributed by atoms with Crippen molar-refractivity contribution in [2.75, 3.05) is 26.2 Å². The number of rotatable bonds is 4. The Morgan fingerprint density at radius 1 is 1.00 bits per heavy atom. The molecule has 6 rings (SSSR count). The smallest absolute Gasteiger partial charge is 0.244 e. The predicted octanol–water partition coefficient (Wildman–Crippen LogP) is 3.00. The Bertz CT molecular complexity index is 954. The van der Waals surface area contributed by atoms with E-state index in [0.29, 0.717) is 19.5 Å². The number of hydrogen-bond acceptors (Lipinski definition) is 4. The van der Waals surface area contributed by atoms with Gasteiger partial charge < -0.3 is 4.90 Å². The molecule has 5 aliphatic rings. The zero-order chi connectivity index (χ0) is 20.9. The van der Waals surface area contributed by atoms with Crippen LogP contribution >= 0.6 is 0 Å². The summed E-state index contributed by atoms with van der Waals surface area (Å²) in [5.74, 6) is 2.68. The van der Waals surface area contributed by atoms with Gasteiger partial charge in [-0.2, -0.15) is 9.57 Å². The lowest BCUT2D eigenvalue weighted by Crippen LogP contribution is -2.53. The summed E-state index contributed by atoms with van der Waals surface area (Å²) in [6, 6.07) is 8.28. The summed E-state index contributed by atoms with van der Waals surface area (Å²) < 4.78 is 27.4. The number of nitrogens with zero attached hydrogens (tertiary/aromatic N) is 3. The molecule has 1 aromatic carbocycles. The molecule has 4 bridgehead atoms. The number of hydrogen-bond donors (Lipinski definition) is 0. The van der Waals surface area contributed by atoms with Crippen molar-refractivity contribution in [3.63, 3.8) is 0 Å². The molecule has 0 N–H and O–H groups in total. The highest BCUT2D eigenvalue weighted by atomic mass is 32.2. The van der Waals surface area contributed by atoms with Gasteiger partial charge in [-0.15, -0.1) is 0 Å². The highest BCUT2D eigenvalue weighted by molar-refractivity contribution is 7.89. The summed E-state index contributed by atoms with van der Waals surface area (Å²) in [6.07, 6.45) is 8.38. The van der Waals surface area contributed by atoms with Gasteiger partial charge in [-0.05, 0) is 73.8 Å². The van der Waals surface area contributed by atoms with Crippen molar-refractivity contribution in [1.29, 1.82) is 5.26 Å². The average Bonchev–Trinajstić information content (AvgIpc) is 2.72. The number of sulfonamides is 1. The van der Waals surface area contributed by atoms with Crippen LogP contribution in [0, 0.1) is 34.5 Å². The fourth-order valence-corrected chi connectivity index (χ4v) is 8.60. The van der Waals surface area contributed by atoms with E-state index in [2.05, 4.69) is 0 Å². The lowest BCUT2D eigenvalue weighted by molar-refractivity contribution is -0.140. The van der Waals surface area contributed by atoms with Crippen LogP contribution in [0.5, 0.6) is 0 Å². The quantitative estimate of drug-likeness (QED) is 0.740. The number of amides is 1. The molecule has 30 heavy (non-hydrogen) atoms. The number of carbonyl (C=O) groups excluding carboxylic acids is 1. The molecule has 7 heteroatoms. The van der Waals surface area contributed by atoms with Crippen LogP contribution in [0.4, 0.5) is 0 Å². The molecule has 6 nitrogen and oxygen atoms in total. The molecule has 4 saturated carbocycles. The van der Waals surface area contributed by atoms with Crippen molar-refractivity contribution in [1.82, 2.24) is 9.21 Å². The van der Waals surface area contributed by atoms with E-state index < -0.39 is 10.0 Å². The van der Waals surface area contributed by atoms with Crippen LogP contribution in [-0.4, -0.2) is 49.7 Å². The SMILES string of the molecule is N#Cc1ccccc1S(=O)(=O)N1CCN(C(=O)CC23CC4CC(CC(C4)C2)C3)CC1. The van der Waals surface area contributed by atoms with Gasteiger partial charge in [0.1, 0.15) is 6.07 Å². The van der Waals surface area contributed by atoms with Gasteiger partial charge in [0.15, 0.2) is 0 Å². The minimum atomic E-state index is -3.72.